The molecule has 16 heteroatoms. The van der Waals surface area contributed by atoms with Crippen molar-refractivity contribution in [3.8, 4) is 17.0 Å². The molecule has 3 atom stereocenters. The van der Waals surface area contributed by atoms with Gasteiger partial charge >= 0.3 is 12.1 Å². The van der Waals surface area contributed by atoms with Crippen molar-refractivity contribution in [1.29, 1.82) is 0 Å². The summed E-state index contributed by atoms with van der Waals surface area (Å²) in [6, 6.07) is 15.6. The van der Waals surface area contributed by atoms with Gasteiger partial charge in [-0.1, -0.05) is 30.3 Å². The van der Waals surface area contributed by atoms with Gasteiger partial charge in [-0.2, -0.15) is 18.2 Å². The van der Waals surface area contributed by atoms with Gasteiger partial charge in [0.2, 0.25) is 11.8 Å². The number of fused-ring (bicyclic) bond motifs is 2. The highest BCUT2D eigenvalue weighted by molar-refractivity contribution is 5.91. The lowest BCUT2D eigenvalue weighted by molar-refractivity contribution is -0.141. The number of ether oxygens (including phenoxy) is 1. The van der Waals surface area contributed by atoms with Gasteiger partial charge in [0.15, 0.2) is 17.3 Å². The molecule has 302 valence electrons. The standard InChI is InChI=1S/C42H44F3N9O4/c1-23-28(5-4-8-32(23)51-38-36-25(13-15-47-38)17-24(19-48-36)18-46-20-27-9-12-35(55)49-27)29-6-3-7-31-30(29)10-11-33(31)52-39-37(42(43,44)45)50-34(40(53-39)58-2)22-54-16-14-26(21-54)41(56)57/h3-8,13,15,17,19,26-27,33,46H,9-12,14,16,18,20-22H2,1-2H3,(H,47,51)(H,49,55)(H,52,53)(H,56,57)/t26-,27?,33-/m0/s1. The van der Waals surface area contributed by atoms with Crippen LogP contribution in [0.3, 0.4) is 0 Å². The first-order valence-corrected chi connectivity index (χ1v) is 19.4. The highest BCUT2D eigenvalue weighted by atomic mass is 19.4. The summed E-state index contributed by atoms with van der Waals surface area (Å²) in [7, 11) is 1.33. The second kappa shape index (κ2) is 16.2. The van der Waals surface area contributed by atoms with Crippen LogP contribution in [-0.2, 0) is 35.3 Å². The molecular formula is C42H44F3N9O4. The Kier molecular flexibility index (Phi) is 10.9. The van der Waals surface area contributed by atoms with Crippen LogP contribution in [-0.4, -0.2) is 74.6 Å². The number of hydrogen-bond donors (Lipinski definition) is 5. The third-order valence-electron chi connectivity index (χ3n) is 11.3. The minimum absolute atomic E-state index is 0.00390. The van der Waals surface area contributed by atoms with Crippen molar-refractivity contribution in [3.05, 3.63) is 94.6 Å². The first-order valence-electron chi connectivity index (χ1n) is 19.4. The number of carboxylic acids is 1. The zero-order chi connectivity index (χ0) is 40.6. The third kappa shape index (κ3) is 8.11. The number of benzene rings is 2. The van der Waals surface area contributed by atoms with Gasteiger partial charge in [-0.05, 0) is 90.7 Å². The molecular weight excluding hydrogens is 752 g/mol. The van der Waals surface area contributed by atoms with Gasteiger partial charge in [-0.15, -0.1) is 0 Å². The van der Waals surface area contributed by atoms with Crippen LogP contribution >= 0.6 is 0 Å². The number of halogens is 3. The normalized spacial score (nSPS) is 19.3. The number of rotatable bonds is 13. The van der Waals surface area contributed by atoms with Gasteiger partial charge in [0.25, 0.3) is 0 Å². The number of likely N-dealkylation sites (tertiary alicyclic amines) is 1. The molecule has 8 rings (SSSR count). The zero-order valence-corrected chi connectivity index (χ0v) is 32.1. The maximum atomic E-state index is 14.5. The Morgan fingerprint density at radius 2 is 1.86 bits per heavy atom. The highest BCUT2D eigenvalue weighted by Crippen LogP contribution is 2.43. The predicted octanol–water partition coefficient (Wildman–Crippen LogP) is 6.54. The number of carbonyl (C=O) groups is 2. The van der Waals surface area contributed by atoms with E-state index < -0.39 is 35.6 Å². The summed E-state index contributed by atoms with van der Waals surface area (Å²) in [5.74, 6) is -1.26. The van der Waals surface area contributed by atoms with Crippen molar-refractivity contribution < 1.29 is 32.6 Å². The predicted molar refractivity (Wildman–Crippen MR) is 212 cm³/mol. The molecule has 13 nitrogen and oxygen atoms in total. The highest BCUT2D eigenvalue weighted by Gasteiger charge is 2.40. The number of nitrogens with one attached hydrogen (secondary N) is 4. The van der Waals surface area contributed by atoms with Gasteiger partial charge < -0.3 is 31.1 Å². The lowest BCUT2D eigenvalue weighted by atomic mass is 9.92. The largest absolute Gasteiger partial charge is 0.481 e. The number of aliphatic carboxylic acids is 1. The van der Waals surface area contributed by atoms with Crippen LogP contribution in [0.4, 0.5) is 30.5 Å². The minimum atomic E-state index is -4.80. The number of alkyl halides is 3. The molecule has 0 bridgehead atoms. The fourth-order valence-electron chi connectivity index (χ4n) is 8.34. The molecule has 3 aliphatic rings. The van der Waals surface area contributed by atoms with Gasteiger partial charge in [-0.3, -0.25) is 19.5 Å². The number of anilines is 3. The van der Waals surface area contributed by atoms with E-state index in [1.54, 1.807) is 11.1 Å². The molecule has 0 radical (unpaired) electrons. The molecule has 0 spiro atoms. The second-order valence-electron chi connectivity index (χ2n) is 15.2. The van der Waals surface area contributed by atoms with Crippen molar-refractivity contribution in [2.45, 2.75) is 70.4 Å². The van der Waals surface area contributed by atoms with Gasteiger partial charge in [0.1, 0.15) is 11.2 Å². The van der Waals surface area contributed by atoms with E-state index in [1.165, 1.54) is 7.11 Å². The Labute approximate surface area is 332 Å². The van der Waals surface area contributed by atoms with Gasteiger partial charge in [0, 0.05) is 62.1 Å². The summed E-state index contributed by atoms with van der Waals surface area (Å²) in [5, 5.41) is 23.3. The Bertz CT molecular complexity index is 2380. The number of pyridine rings is 2. The summed E-state index contributed by atoms with van der Waals surface area (Å²) in [6.45, 7) is 3.96. The van der Waals surface area contributed by atoms with E-state index >= 15 is 0 Å². The van der Waals surface area contributed by atoms with Crippen molar-refractivity contribution in [1.82, 2.24) is 35.5 Å². The molecule has 1 amide bonds. The molecule has 2 saturated heterocycles. The molecule has 3 aromatic heterocycles. The molecule has 58 heavy (non-hydrogen) atoms. The van der Waals surface area contributed by atoms with E-state index in [1.807, 2.05) is 55.6 Å². The molecule has 5 heterocycles. The zero-order valence-electron chi connectivity index (χ0n) is 32.1. The fraction of sp³-hybridized carbons (Fsp3) is 0.381. The van der Waals surface area contributed by atoms with Crippen LogP contribution in [0.5, 0.6) is 5.88 Å². The number of methoxy groups -OCH3 is 1. The molecule has 2 aliphatic heterocycles. The molecule has 1 unspecified atom stereocenters. The maximum Gasteiger partial charge on any atom is 0.437 e. The maximum absolute atomic E-state index is 14.5. The first kappa shape index (κ1) is 39.0. The van der Waals surface area contributed by atoms with E-state index in [4.69, 9.17) is 9.72 Å². The molecule has 0 saturated carbocycles. The van der Waals surface area contributed by atoms with Crippen LogP contribution in [0.25, 0.3) is 22.0 Å². The van der Waals surface area contributed by atoms with Crippen LogP contribution < -0.4 is 26.0 Å². The molecule has 2 fully saturated rings. The lowest BCUT2D eigenvalue weighted by Gasteiger charge is -2.22. The van der Waals surface area contributed by atoms with E-state index in [2.05, 4.69) is 42.3 Å². The van der Waals surface area contributed by atoms with Crippen LogP contribution in [0.2, 0.25) is 0 Å². The fourth-order valence-corrected chi connectivity index (χ4v) is 8.34. The van der Waals surface area contributed by atoms with E-state index in [0.29, 0.717) is 51.1 Å². The number of hydrogen-bond acceptors (Lipinski definition) is 11. The van der Waals surface area contributed by atoms with Gasteiger partial charge in [0.05, 0.1) is 19.1 Å². The SMILES string of the molecule is COc1nc(N[C@H]2CCc3c(-c4cccc(Nc5nccc6cc(CNCC7CCC(=O)N7)cnc56)c4C)cccc32)c(C(F)(F)F)nc1CN1CC[C@H](C(=O)O)C1. The topological polar surface area (TPSA) is 167 Å². The van der Waals surface area contributed by atoms with Crippen molar-refractivity contribution in [3.63, 3.8) is 0 Å². The smallest absolute Gasteiger partial charge is 0.437 e. The van der Waals surface area contributed by atoms with E-state index in [0.717, 1.165) is 56.4 Å². The monoisotopic (exact) mass is 795 g/mol. The van der Waals surface area contributed by atoms with Crippen molar-refractivity contribution >= 4 is 40.1 Å². The number of carboxylic acid groups (broad SMARTS) is 1. The van der Waals surface area contributed by atoms with E-state index in [9.17, 15) is 27.9 Å². The molecule has 1 aliphatic carbocycles. The molecule has 2 aromatic carbocycles. The second-order valence-corrected chi connectivity index (χ2v) is 15.2. The average molecular weight is 796 g/mol. The molecule has 5 aromatic rings. The van der Waals surface area contributed by atoms with Crippen LogP contribution in [0, 0.1) is 12.8 Å². The minimum Gasteiger partial charge on any atom is -0.481 e. The lowest BCUT2D eigenvalue weighted by Crippen LogP contribution is -2.35. The molecule has 5 N–H and O–H groups in total. The summed E-state index contributed by atoms with van der Waals surface area (Å²) >= 11 is 0. The van der Waals surface area contributed by atoms with Crippen LogP contribution in [0.1, 0.15) is 65.4 Å². The Morgan fingerprint density at radius 3 is 2.62 bits per heavy atom. The Balaban J connectivity index is 1.01. The quantitative estimate of drug-likeness (QED) is 0.0875. The van der Waals surface area contributed by atoms with Crippen molar-refractivity contribution in [2.75, 3.05) is 37.4 Å². The summed E-state index contributed by atoms with van der Waals surface area (Å²) in [4.78, 5) is 42.4. The first-order chi connectivity index (χ1) is 27.9. The van der Waals surface area contributed by atoms with Crippen molar-refractivity contribution in [2.24, 2.45) is 5.92 Å². The summed E-state index contributed by atoms with van der Waals surface area (Å²) in [5.41, 5.74) is 6.31. The average Bonchev–Trinajstić information content (AvgIpc) is 3.96. The Morgan fingerprint density at radius 1 is 1.03 bits per heavy atom. The van der Waals surface area contributed by atoms with Gasteiger partial charge in [-0.25, -0.2) is 9.97 Å². The van der Waals surface area contributed by atoms with Crippen LogP contribution in [0.15, 0.2) is 60.9 Å². The Hall–Kier alpha value is -5.87. The number of amides is 1. The van der Waals surface area contributed by atoms with E-state index in [-0.39, 0.29) is 36.6 Å². The third-order valence-corrected chi connectivity index (χ3v) is 11.3. The summed E-state index contributed by atoms with van der Waals surface area (Å²) in [6.07, 6.45) is 1.75. The summed E-state index contributed by atoms with van der Waals surface area (Å²) < 4.78 is 49.1. The number of nitrogens with zero attached hydrogens (tertiary/aromatic N) is 5. The number of carbonyl (C=O) groups excluding carboxylic acids is 1. The number of aromatic nitrogens is 4.